The maximum atomic E-state index is 12.0. The summed E-state index contributed by atoms with van der Waals surface area (Å²) >= 11 is 12.5. The summed E-state index contributed by atoms with van der Waals surface area (Å²) in [5, 5.41) is 14.0. The molecule has 0 saturated carbocycles. The van der Waals surface area contributed by atoms with Gasteiger partial charge in [-0.1, -0.05) is 77.8 Å². The fourth-order valence-electron chi connectivity index (χ4n) is 2.85. The van der Waals surface area contributed by atoms with E-state index < -0.39 is 11.9 Å². The lowest BCUT2D eigenvalue weighted by Gasteiger charge is -2.19. The summed E-state index contributed by atoms with van der Waals surface area (Å²) < 4.78 is 0. The summed E-state index contributed by atoms with van der Waals surface area (Å²) in [4.78, 5) is 12.0. The van der Waals surface area contributed by atoms with E-state index in [0.717, 1.165) is 5.56 Å². The Hall–Kier alpha value is -2.49. The minimum absolute atomic E-state index is 0.394. The van der Waals surface area contributed by atoms with E-state index in [9.17, 15) is 9.90 Å². The Morgan fingerprint density at radius 1 is 0.885 bits per heavy atom. The number of aliphatic carboxylic acids is 1. The Morgan fingerprint density at radius 2 is 1.50 bits per heavy atom. The maximum absolute atomic E-state index is 12.0. The number of benzene rings is 3. The molecule has 0 radical (unpaired) electrons. The summed E-state index contributed by atoms with van der Waals surface area (Å²) in [7, 11) is 0. The van der Waals surface area contributed by atoms with Gasteiger partial charge in [0.15, 0.2) is 0 Å². The molecule has 0 aliphatic heterocycles. The number of rotatable bonds is 6. The number of carboxylic acid groups (broad SMARTS) is 1. The van der Waals surface area contributed by atoms with Gasteiger partial charge in [0.25, 0.3) is 0 Å². The average Bonchev–Trinajstić information content (AvgIpc) is 2.64. The van der Waals surface area contributed by atoms with Crippen LogP contribution in [-0.2, 0) is 11.2 Å². The number of carboxylic acids is 1. The third kappa shape index (κ3) is 4.18. The number of carbonyl (C=O) groups is 1. The number of hydrogen-bond donors (Lipinski definition) is 2. The zero-order chi connectivity index (χ0) is 18.5. The van der Waals surface area contributed by atoms with Crippen LogP contribution < -0.4 is 5.32 Å². The second-order valence-corrected chi connectivity index (χ2v) is 6.70. The van der Waals surface area contributed by atoms with Crippen molar-refractivity contribution in [2.75, 3.05) is 5.32 Å². The Morgan fingerprint density at radius 3 is 2.15 bits per heavy atom. The van der Waals surface area contributed by atoms with Crippen molar-refractivity contribution in [1.29, 1.82) is 0 Å². The minimum Gasteiger partial charge on any atom is -0.481 e. The summed E-state index contributed by atoms with van der Waals surface area (Å²) in [6.45, 7) is 0. The van der Waals surface area contributed by atoms with Gasteiger partial charge < -0.3 is 10.4 Å². The first kappa shape index (κ1) is 18.3. The van der Waals surface area contributed by atoms with Gasteiger partial charge in [0.2, 0.25) is 0 Å². The highest BCUT2D eigenvalue weighted by Crippen LogP contribution is 2.36. The van der Waals surface area contributed by atoms with Crippen molar-refractivity contribution in [2.24, 2.45) is 0 Å². The van der Waals surface area contributed by atoms with Crippen LogP contribution in [0.5, 0.6) is 0 Å². The molecule has 0 aromatic heterocycles. The van der Waals surface area contributed by atoms with E-state index in [4.69, 9.17) is 23.2 Å². The van der Waals surface area contributed by atoms with Crippen LogP contribution in [0.25, 0.3) is 0 Å². The lowest BCUT2D eigenvalue weighted by Crippen LogP contribution is -2.16. The van der Waals surface area contributed by atoms with Crippen molar-refractivity contribution in [3.8, 4) is 0 Å². The Labute approximate surface area is 162 Å². The lowest BCUT2D eigenvalue weighted by molar-refractivity contribution is -0.138. The van der Waals surface area contributed by atoms with Crippen molar-refractivity contribution >= 4 is 40.5 Å². The lowest BCUT2D eigenvalue weighted by atomic mass is 9.90. The largest absolute Gasteiger partial charge is 0.481 e. The van der Waals surface area contributed by atoms with Crippen molar-refractivity contribution in [1.82, 2.24) is 0 Å². The van der Waals surface area contributed by atoms with Gasteiger partial charge in [0.05, 0.1) is 21.7 Å². The average molecular weight is 386 g/mol. The summed E-state index contributed by atoms with van der Waals surface area (Å²) in [6.07, 6.45) is 0.394. The fourth-order valence-corrected chi connectivity index (χ4v) is 3.34. The minimum atomic E-state index is -0.881. The summed E-state index contributed by atoms with van der Waals surface area (Å²) in [6, 6.07) is 22.1. The molecule has 1 unspecified atom stereocenters. The summed E-state index contributed by atoms with van der Waals surface area (Å²) in [5.41, 5.74) is 2.88. The molecular weight excluding hydrogens is 369 g/mol. The topological polar surface area (TPSA) is 49.3 Å². The van der Waals surface area contributed by atoms with E-state index in [-0.39, 0.29) is 0 Å². The zero-order valence-electron chi connectivity index (χ0n) is 13.8. The second kappa shape index (κ2) is 8.26. The fraction of sp³-hybridized carbons (Fsp3) is 0.0952. The predicted molar refractivity (Wildman–Crippen MR) is 107 cm³/mol. The van der Waals surface area contributed by atoms with Gasteiger partial charge in [-0.25, -0.2) is 0 Å². The van der Waals surface area contributed by atoms with Crippen LogP contribution in [-0.4, -0.2) is 11.1 Å². The van der Waals surface area contributed by atoms with E-state index >= 15 is 0 Å². The molecule has 5 heteroatoms. The van der Waals surface area contributed by atoms with E-state index in [0.29, 0.717) is 33.4 Å². The number of halogens is 2. The highest BCUT2D eigenvalue weighted by Gasteiger charge is 2.23. The van der Waals surface area contributed by atoms with Crippen LogP contribution in [0.2, 0.25) is 10.0 Å². The number of anilines is 2. The molecular formula is C21H17Cl2NO2. The SMILES string of the molecule is O=C(O)C(Cc1ccccc1)c1ccccc1Nc1c(Cl)cccc1Cl. The standard InChI is InChI=1S/C21H17Cl2NO2/c22-17-10-6-11-18(23)20(17)24-19-12-5-4-9-15(19)16(21(25)26)13-14-7-2-1-3-8-14/h1-12,16,24H,13H2,(H,25,26). The van der Waals surface area contributed by atoms with E-state index in [1.165, 1.54) is 0 Å². The predicted octanol–water partition coefficient (Wildman–Crippen LogP) is 6.15. The van der Waals surface area contributed by atoms with Gasteiger partial charge in [0.1, 0.15) is 0 Å². The zero-order valence-corrected chi connectivity index (χ0v) is 15.3. The quantitative estimate of drug-likeness (QED) is 0.534. The summed E-state index contributed by atoms with van der Waals surface area (Å²) in [5.74, 6) is -1.57. The molecule has 0 amide bonds. The molecule has 0 heterocycles. The number of hydrogen-bond acceptors (Lipinski definition) is 2. The molecule has 2 N–H and O–H groups in total. The Bertz CT molecular complexity index is 893. The molecule has 3 rings (SSSR count). The highest BCUT2D eigenvalue weighted by atomic mass is 35.5. The van der Waals surface area contributed by atoms with Gasteiger partial charge in [0, 0.05) is 5.69 Å². The molecule has 0 fully saturated rings. The van der Waals surface area contributed by atoms with E-state index in [1.807, 2.05) is 54.6 Å². The first-order valence-corrected chi connectivity index (χ1v) is 8.88. The van der Waals surface area contributed by atoms with Gasteiger partial charge in [-0.2, -0.15) is 0 Å². The molecule has 3 aromatic rings. The normalized spacial score (nSPS) is 11.8. The van der Waals surface area contributed by atoms with Crippen molar-refractivity contribution in [3.05, 3.63) is 94.0 Å². The molecule has 0 bridgehead atoms. The van der Waals surface area contributed by atoms with Crippen LogP contribution in [0.3, 0.4) is 0 Å². The van der Waals surface area contributed by atoms with Crippen molar-refractivity contribution in [2.45, 2.75) is 12.3 Å². The van der Waals surface area contributed by atoms with Gasteiger partial charge >= 0.3 is 5.97 Å². The van der Waals surface area contributed by atoms with Crippen LogP contribution in [0.4, 0.5) is 11.4 Å². The van der Waals surface area contributed by atoms with E-state index in [2.05, 4.69) is 5.32 Å². The maximum Gasteiger partial charge on any atom is 0.311 e. The van der Waals surface area contributed by atoms with Gasteiger partial charge in [-0.15, -0.1) is 0 Å². The monoisotopic (exact) mass is 385 g/mol. The molecule has 1 atom stereocenters. The number of para-hydroxylation sites is 2. The van der Waals surface area contributed by atoms with Crippen LogP contribution in [0.1, 0.15) is 17.0 Å². The van der Waals surface area contributed by atoms with Crippen LogP contribution >= 0.6 is 23.2 Å². The first-order valence-electron chi connectivity index (χ1n) is 8.13. The smallest absolute Gasteiger partial charge is 0.311 e. The molecule has 3 nitrogen and oxygen atoms in total. The number of nitrogens with one attached hydrogen (secondary N) is 1. The Balaban J connectivity index is 1.98. The molecule has 132 valence electrons. The Kier molecular flexibility index (Phi) is 5.82. The third-order valence-electron chi connectivity index (χ3n) is 4.14. The molecule has 0 spiro atoms. The van der Waals surface area contributed by atoms with Gasteiger partial charge in [-0.3, -0.25) is 4.79 Å². The van der Waals surface area contributed by atoms with Crippen LogP contribution in [0, 0.1) is 0 Å². The van der Waals surface area contributed by atoms with Gasteiger partial charge in [-0.05, 0) is 35.7 Å². The molecule has 0 aliphatic carbocycles. The van der Waals surface area contributed by atoms with Crippen molar-refractivity contribution in [3.63, 3.8) is 0 Å². The highest BCUT2D eigenvalue weighted by molar-refractivity contribution is 6.39. The molecule has 3 aromatic carbocycles. The first-order chi connectivity index (χ1) is 12.6. The second-order valence-electron chi connectivity index (χ2n) is 5.89. The molecule has 0 saturated heterocycles. The molecule has 26 heavy (non-hydrogen) atoms. The van der Waals surface area contributed by atoms with Crippen LogP contribution in [0.15, 0.2) is 72.8 Å². The van der Waals surface area contributed by atoms with E-state index in [1.54, 1.807) is 18.2 Å². The van der Waals surface area contributed by atoms with Crippen molar-refractivity contribution < 1.29 is 9.90 Å². The molecule has 0 aliphatic rings. The third-order valence-corrected chi connectivity index (χ3v) is 4.77.